The molecule has 0 aromatic carbocycles. The fraction of sp³-hybridized carbons (Fsp3) is 0.929. The summed E-state index contributed by atoms with van der Waals surface area (Å²) in [7, 11) is 0. The predicted octanol–water partition coefficient (Wildman–Crippen LogP) is 1.22. The lowest BCUT2D eigenvalue weighted by atomic mass is 10.1. The number of likely N-dealkylation sites (N-methyl/N-ethyl adjacent to an activating group) is 1. The van der Waals surface area contributed by atoms with Crippen LogP contribution in [0.4, 0.5) is 0 Å². The van der Waals surface area contributed by atoms with E-state index in [-0.39, 0.29) is 11.9 Å². The van der Waals surface area contributed by atoms with Crippen LogP contribution in [0.25, 0.3) is 0 Å². The van der Waals surface area contributed by atoms with Gasteiger partial charge in [-0.05, 0) is 38.8 Å². The molecule has 1 amide bonds. The first-order valence-corrected chi connectivity index (χ1v) is 7.29. The number of nitrogens with zero attached hydrogens (tertiary/aromatic N) is 1. The average Bonchev–Trinajstić information content (AvgIpc) is 2.84. The van der Waals surface area contributed by atoms with Gasteiger partial charge in [0.05, 0.1) is 6.04 Å². The Morgan fingerprint density at radius 3 is 2.67 bits per heavy atom. The normalized spacial score (nSPS) is 21.6. The molecule has 1 aliphatic heterocycles. The van der Waals surface area contributed by atoms with Gasteiger partial charge in [-0.25, -0.2) is 0 Å². The van der Waals surface area contributed by atoms with E-state index < -0.39 is 0 Å². The molecule has 4 heteroatoms. The average molecular weight is 255 g/mol. The highest BCUT2D eigenvalue weighted by Gasteiger charge is 2.24. The van der Waals surface area contributed by atoms with Crippen molar-refractivity contribution < 1.29 is 4.79 Å². The fourth-order valence-electron chi connectivity index (χ4n) is 2.37. The molecule has 0 radical (unpaired) electrons. The molecule has 1 saturated heterocycles. The number of amides is 1. The zero-order chi connectivity index (χ0) is 13.5. The van der Waals surface area contributed by atoms with E-state index in [1.54, 1.807) is 0 Å². The van der Waals surface area contributed by atoms with E-state index in [0.29, 0.717) is 12.0 Å². The van der Waals surface area contributed by atoms with Gasteiger partial charge < -0.3 is 10.6 Å². The lowest BCUT2D eigenvalue weighted by Crippen LogP contribution is -2.49. The molecule has 2 unspecified atom stereocenters. The summed E-state index contributed by atoms with van der Waals surface area (Å²) in [4.78, 5) is 14.3. The van der Waals surface area contributed by atoms with Gasteiger partial charge in [0.1, 0.15) is 0 Å². The SMILES string of the molecule is CCN(CC1CCCN1)C(C)C(=O)NCC(C)C. The molecule has 0 aromatic rings. The molecule has 0 bridgehead atoms. The molecule has 0 spiro atoms. The Balaban J connectivity index is 2.39. The minimum absolute atomic E-state index is 0.0313. The van der Waals surface area contributed by atoms with Gasteiger partial charge in [0, 0.05) is 19.1 Å². The first-order chi connectivity index (χ1) is 8.54. The monoisotopic (exact) mass is 255 g/mol. The predicted molar refractivity (Wildman–Crippen MR) is 75.6 cm³/mol. The Labute approximate surface area is 111 Å². The third-order valence-corrected chi connectivity index (χ3v) is 3.64. The van der Waals surface area contributed by atoms with Crippen LogP contribution in [0, 0.1) is 5.92 Å². The van der Waals surface area contributed by atoms with Crippen molar-refractivity contribution in [1.29, 1.82) is 0 Å². The minimum atomic E-state index is -0.0313. The highest BCUT2D eigenvalue weighted by molar-refractivity contribution is 5.81. The summed E-state index contributed by atoms with van der Waals surface area (Å²) in [5.41, 5.74) is 0. The molecule has 2 N–H and O–H groups in total. The van der Waals surface area contributed by atoms with Crippen LogP contribution in [0.15, 0.2) is 0 Å². The van der Waals surface area contributed by atoms with Gasteiger partial charge in [-0.1, -0.05) is 20.8 Å². The summed E-state index contributed by atoms with van der Waals surface area (Å²) >= 11 is 0. The number of hydrogen-bond donors (Lipinski definition) is 2. The van der Waals surface area contributed by atoms with Gasteiger partial charge in [-0.2, -0.15) is 0 Å². The number of nitrogens with one attached hydrogen (secondary N) is 2. The molecule has 2 atom stereocenters. The molecule has 18 heavy (non-hydrogen) atoms. The molecular formula is C14H29N3O. The molecular weight excluding hydrogens is 226 g/mol. The maximum absolute atomic E-state index is 12.0. The van der Waals surface area contributed by atoms with Gasteiger partial charge in [-0.3, -0.25) is 9.69 Å². The quantitative estimate of drug-likeness (QED) is 0.719. The van der Waals surface area contributed by atoms with Crippen molar-refractivity contribution in [2.24, 2.45) is 5.92 Å². The van der Waals surface area contributed by atoms with Crippen molar-refractivity contribution in [3.05, 3.63) is 0 Å². The first-order valence-electron chi connectivity index (χ1n) is 7.29. The zero-order valence-electron chi connectivity index (χ0n) is 12.3. The van der Waals surface area contributed by atoms with E-state index >= 15 is 0 Å². The van der Waals surface area contributed by atoms with Gasteiger partial charge in [-0.15, -0.1) is 0 Å². The second kappa shape index (κ2) is 7.74. The third kappa shape index (κ3) is 4.94. The van der Waals surface area contributed by atoms with Crippen molar-refractivity contribution in [3.8, 4) is 0 Å². The lowest BCUT2D eigenvalue weighted by Gasteiger charge is -2.29. The Kier molecular flexibility index (Phi) is 6.65. The Hall–Kier alpha value is -0.610. The van der Waals surface area contributed by atoms with E-state index in [9.17, 15) is 4.79 Å². The Morgan fingerprint density at radius 2 is 2.17 bits per heavy atom. The third-order valence-electron chi connectivity index (χ3n) is 3.64. The van der Waals surface area contributed by atoms with Crippen LogP contribution >= 0.6 is 0 Å². The van der Waals surface area contributed by atoms with Crippen molar-refractivity contribution in [2.45, 2.75) is 52.6 Å². The molecule has 1 rings (SSSR count). The summed E-state index contributed by atoms with van der Waals surface area (Å²) in [6.07, 6.45) is 2.49. The number of hydrogen-bond acceptors (Lipinski definition) is 3. The zero-order valence-corrected chi connectivity index (χ0v) is 12.3. The fourth-order valence-corrected chi connectivity index (χ4v) is 2.37. The number of carbonyl (C=O) groups excluding carboxylic acids is 1. The molecule has 1 heterocycles. The largest absolute Gasteiger partial charge is 0.354 e. The van der Waals surface area contributed by atoms with Crippen molar-refractivity contribution in [1.82, 2.24) is 15.5 Å². The van der Waals surface area contributed by atoms with Crippen molar-refractivity contribution in [3.63, 3.8) is 0 Å². The van der Waals surface area contributed by atoms with Gasteiger partial charge >= 0.3 is 0 Å². The van der Waals surface area contributed by atoms with E-state index in [4.69, 9.17) is 0 Å². The summed E-state index contributed by atoms with van der Waals surface area (Å²) in [6, 6.07) is 0.529. The minimum Gasteiger partial charge on any atom is -0.354 e. The van der Waals surface area contributed by atoms with Crippen LogP contribution in [0.2, 0.25) is 0 Å². The van der Waals surface area contributed by atoms with Crippen molar-refractivity contribution >= 4 is 5.91 Å². The molecule has 4 nitrogen and oxygen atoms in total. The smallest absolute Gasteiger partial charge is 0.237 e. The number of rotatable bonds is 7. The van der Waals surface area contributed by atoms with E-state index in [1.807, 2.05) is 6.92 Å². The Bertz CT molecular complexity index is 249. The van der Waals surface area contributed by atoms with E-state index in [1.165, 1.54) is 12.8 Å². The van der Waals surface area contributed by atoms with Crippen LogP contribution < -0.4 is 10.6 Å². The van der Waals surface area contributed by atoms with Crippen LogP contribution in [0.1, 0.15) is 40.5 Å². The summed E-state index contributed by atoms with van der Waals surface area (Å²) in [5.74, 6) is 0.663. The lowest BCUT2D eigenvalue weighted by molar-refractivity contribution is -0.126. The number of carbonyl (C=O) groups is 1. The van der Waals surface area contributed by atoms with Crippen LogP contribution in [0.3, 0.4) is 0 Å². The van der Waals surface area contributed by atoms with E-state index in [0.717, 1.165) is 26.2 Å². The van der Waals surface area contributed by atoms with Crippen LogP contribution in [0.5, 0.6) is 0 Å². The van der Waals surface area contributed by atoms with E-state index in [2.05, 4.69) is 36.3 Å². The van der Waals surface area contributed by atoms with Gasteiger partial charge in [0.25, 0.3) is 0 Å². The molecule has 0 saturated carbocycles. The molecule has 1 fully saturated rings. The Morgan fingerprint density at radius 1 is 1.44 bits per heavy atom. The molecule has 0 aromatic heterocycles. The topological polar surface area (TPSA) is 44.4 Å². The maximum Gasteiger partial charge on any atom is 0.237 e. The summed E-state index contributed by atoms with van der Waals surface area (Å²) in [6.45, 7) is 12.2. The molecule has 1 aliphatic rings. The first kappa shape index (κ1) is 15.4. The summed E-state index contributed by atoms with van der Waals surface area (Å²) in [5, 5.41) is 6.51. The highest BCUT2D eigenvalue weighted by Crippen LogP contribution is 2.09. The van der Waals surface area contributed by atoms with Gasteiger partial charge in [0.15, 0.2) is 0 Å². The standard InChI is InChI=1S/C14H29N3O/c1-5-17(10-13-7-6-8-15-13)12(4)14(18)16-9-11(2)3/h11-13,15H,5-10H2,1-4H3,(H,16,18). The van der Waals surface area contributed by atoms with Crippen LogP contribution in [-0.4, -0.2) is 49.1 Å². The summed E-state index contributed by atoms with van der Waals surface area (Å²) < 4.78 is 0. The second-order valence-electron chi connectivity index (χ2n) is 5.70. The molecule has 106 valence electrons. The van der Waals surface area contributed by atoms with Crippen molar-refractivity contribution in [2.75, 3.05) is 26.2 Å². The second-order valence-corrected chi connectivity index (χ2v) is 5.70. The highest BCUT2D eigenvalue weighted by atomic mass is 16.2. The maximum atomic E-state index is 12.0. The van der Waals surface area contributed by atoms with Gasteiger partial charge in [0.2, 0.25) is 5.91 Å². The molecule has 0 aliphatic carbocycles. The van der Waals surface area contributed by atoms with Crippen LogP contribution in [-0.2, 0) is 4.79 Å².